The first-order valence-corrected chi connectivity index (χ1v) is 11.6. The summed E-state index contributed by atoms with van der Waals surface area (Å²) in [7, 11) is -2.55. The predicted octanol–water partition coefficient (Wildman–Crippen LogP) is 1.89. The van der Waals surface area contributed by atoms with Crippen molar-refractivity contribution in [3.63, 3.8) is 0 Å². The molecule has 0 aliphatic carbocycles. The molecule has 0 spiro atoms. The van der Waals surface area contributed by atoms with Crippen LogP contribution in [0.5, 0.6) is 0 Å². The Hall–Kier alpha value is -2.77. The Labute approximate surface area is 182 Å². The van der Waals surface area contributed by atoms with E-state index in [0.29, 0.717) is 30.7 Å². The standard InChI is InChI=1S/C19H21F3N6O3S/c1-28(32(2,30)31)17(11-7-23-8-11)16-13(19(20,21)22)9-24-18(27-16)25-12-3-4-14-10(5-12)6-15(29)26-14/h3-5,9,11,17,23H,6-8H2,1-2H3,(H,26,29)(H,24,25,27). The molecular weight excluding hydrogens is 449 g/mol. The Balaban J connectivity index is 1.74. The lowest BCUT2D eigenvalue weighted by Gasteiger charge is -2.39. The zero-order chi connectivity index (χ0) is 23.3. The molecule has 2 aliphatic rings. The number of halogens is 3. The van der Waals surface area contributed by atoms with Crippen LogP contribution in [-0.2, 0) is 27.4 Å². The van der Waals surface area contributed by atoms with Crippen LogP contribution in [0.1, 0.15) is 22.9 Å². The van der Waals surface area contributed by atoms with Gasteiger partial charge in [0.25, 0.3) is 0 Å². The average Bonchev–Trinajstić information content (AvgIpc) is 3.01. The van der Waals surface area contributed by atoms with Crippen molar-refractivity contribution in [3.05, 3.63) is 41.2 Å². The number of amides is 1. The van der Waals surface area contributed by atoms with Crippen molar-refractivity contribution in [2.45, 2.75) is 18.6 Å². The second-order valence-corrected chi connectivity index (χ2v) is 9.90. The summed E-state index contributed by atoms with van der Waals surface area (Å²) in [5.41, 5.74) is 0.403. The Bertz CT molecular complexity index is 1170. The highest BCUT2D eigenvalue weighted by Crippen LogP contribution is 2.40. The fraction of sp³-hybridized carbons (Fsp3) is 0.421. The molecule has 172 valence electrons. The van der Waals surface area contributed by atoms with Crippen LogP contribution in [0, 0.1) is 5.92 Å². The van der Waals surface area contributed by atoms with E-state index in [4.69, 9.17) is 0 Å². The molecule has 0 saturated carbocycles. The van der Waals surface area contributed by atoms with Gasteiger partial charge in [-0.2, -0.15) is 17.5 Å². The molecule has 1 saturated heterocycles. The second-order valence-electron chi connectivity index (χ2n) is 7.85. The molecule has 13 heteroatoms. The average molecular weight is 470 g/mol. The highest BCUT2D eigenvalue weighted by atomic mass is 32.2. The fourth-order valence-electron chi connectivity index (χ4n) is 3.77. The molecule has 1 unspecified atom stereocenters. The van der Waals surface area contributed by atoms with Crippen molar-refractivity contribution in [1.82, 2.24) is 19.6 Å². The van der Waals surface area contributed by atoms with E-state index in [0.717, 1.165) is 16.1 Å². The highest BCUT2D eigenvalue weighted by molar-refractivity contribution is 7.88. The monoisotopic (exact) mass is 470 g/mol. The van der Waals surface area contributed by atoms with Crippen molar-refractivity contribution < 1.29 is 26.4 Å². The second kappa shape index (κ2) is 7.98. The summed E-state index contributed by atoms with van der Waals surface area (Å²) in [4.78, 5) is 19.5. The maximum atomic E-state index is 13.8. The minimum atomic E-state index is -4.76. The lowest BCUT2D eigenvalue weighted by Crippen LogP contribution is -2.51. The van der Waals surface area contributed by atoms with Crippen molar-refractivity contribution in [2.75, 3.05) is 37.0 Å². The molecule has 32 heavy (non-hydrogen) atoms. The van der Waals surface area contributed by atoms with Crippen molar-refractivity contribution in [2.24, 2.45) is 5.92 Å². The predicted molar refractivity (Wildman–Crippen MR) is 111 cm³/mol. The number of nitrogens with one attached hydrogen (secondary N) is 3. The van der Waals surface area contributed by atoms with Crippen LogP contribution in [0.25, 0.3) is 0 Å². The van der Waals surface area contributed by atoms with Gasteiger partial charge in [-0.05, 0) is 23.8 Å². The number of rotatable bonds is 6. The maximum Gasteiger partial charge on any atom is 0.419 e. The Kier molecular flexibility index (Phi) is 5.59. The zero-order valence-corrected chi connectivity index (χ0v) is 18.0. The summed E-state index contributed by atoms with van der Waals surface area (Å²) in [5.74, 6) is -0.633. The van der Waals surface area contributed by atoms with Crippen LogP contribution < -0.4 is 16.0 Å². The van der Waals surface area contributed by atoms with Crippen LogP contribution in [0.3, 0.4) is 0 Å². The van der Waals surface area contributed by atoms with Gasteiger partial charge in [0.05, 0.1) is 30.0 Å². The van der Waals surface area contributed by atoms with Gasteiger partial charge in [0.2, 0.25) is 21.9 Å². The molecule has 3 heterocycles. The van der Waals surface area contributed by atoms with Gasteiger partial charge >= 0.3 is 6.18 Å². The smallest absolute Gasteiger partial charge is 0.326 e. The third-order valence-corrected chi connectivity index (χ3v) is 6.84. The van der Waals surface area contributed by atoms with Gasteiger partial charge < -0.3 is 16.0 Å². The molecular formula is C19H21F3N6O3S. The molecule has 3 N–H and O–H groups in total. The number of aromatic nitrogens is 2. The van der Waals surface area contributed by atoms with Gasteiger partial charge in [0, 0.05) is 43.6 Å². The lowest BCUT2D eigenvalue weighted by atomic mass is 9.89. The highest BCUT2D eigenvalue weighted by Gasteiger charge is 2.43. The minimum absolute atomic E-state index is 0.107. The molecule has 1 aromatic carbocycles. The summed E-state index contributed by atoms with van der Waals surface area (Å²) in [5, 5.41) is 8.52. The van der Waals surface area contributed by atoms with Gasteiger partial charge in [-0.15, -0.1) is 0 Å². The zero-order valence-electron chi connectivity index (χ0n) is 17.2. The van der Waals surface area contributed by atoms with Crippen molar-refractivity contribution >= 4 is 33.3 Å². The number of anilines is 3. The Morgan fingerprint density at radius 1 is 1.28 bits per heavy atom. The third-order valence-electron chi connectivity index (χ3n) is 5.56. The molecule has 2 aliphatic heterocycles. The number of benzene rings is 1. The summed E-state index contributed by atoms with van der Waals surface area (Å²) < 4.78 is 66.6. The number of nitrogens with zero attached hydrogens (tertiary/aromatic N) is 3. The molecule has 1 fully saturated rings. The van der Waals surface area contributed by atoms with E-state index >= 15 is 0 Å². The van der Waals surface area contributed by atoms with E-state index in [1.54, 1.807) is 18.2 Å². The molecule has 1 atom stereocenters. The normalized spacial score (nSPS) is 17.6. The van der Waals surface area contributed by atoms with Gasteiger partial charge in [-0.25, -0.2) is 18.4 Å². The molecule has 0 bridgehead atoms. The number of carbonyl (C=O) groups excluding carboxylic acids is 1. The van der Waals surface area contributed by atoms with E-state index in [1.807, 2.05) is 0 Å². The molecule has 9 nitrogen and oxygen atoms in total. The number of fused-ring (bicyclic) bond motifs is 1. The third kappa shape index (κ3) is 4.40. The Morgan fingerprint density at radius 2 is 2.00 bits per heavy atom. The van der Waals surface area contributed by atoms with E-state index in [2.05, 4.69) is 25.9 Å². The number of alkyl halides is 3. The summed E-state index contributed by atoms with van der Waals surface area (Å²) in [6.45, 7) is 0.723. The van der Waals surface area contributed by atoms with E-state index in [9.17, 15) is 26.4 Å². The van der Waals surface area contributed by atoms with Crippen molar-refractivity contribution in [1.29, 1.82) is 0 Å². The van der Waals surface area contributed by atoms with Gasteiger partial charge in [-0.3, -0.25) is 4.79 Å². The quantitative estimate of drug-likeness (QED) is 0.590. The molecule has 4 rings (SSSR count). The van der Waals surface area contributed by atoms with Crippen LogP contribution in [0.2, 0.25) is 0 Å². The van der Waals surface area contributed by atoms with E-state index in [1.165, 1.54) is 7.05 Å². The number of hydrogen-bond donors (Lipinski definition) is 3. The molecule has 1 amide bonds. The van der Waals surface area contributed by atoms with Gasteiger partial charge in [0.15, 0.2) is 0 Å². The van der Waals surface area contributed by atoms with Crippen LogP contribution in [0.15, 0.2) is 24.4 Å². The van der Waals surface area contributed by atoms with Crippen molar-refractivity contribution in [3.8, 4) is 0 Å². The Morgan fingerprint density at radius 3 is 2.59 bits per heavy atom. The van der Waals surface area contributed by atoms with Crippen LogP contribution in [0.4, 0.5) is 30.5 Å². The number of sulfonamides is 1. The molecule has 2 aromatic rings. The number of hydrogen-bond acceptors (Lipinski definition) is 7. The fourth-order valence-corrected chi connectivity index (χ4v) is 4.45. The first kappa shape index (κ1) is 22.4. The summed E-state index contributed by atoms with van der Waals surface area (Å²) in [6, 6.07) is 3.88. The largest absolute Gasteiger partial charge is 0.419 e. The van der Waals surface area contributed by atoms with Crippen LogP contribution >= 0.6 is 0 Å². The minimum Gasteiger partial charge on any atom is -0.326 e. The van der Waals surface area contributed by atoms with Gasteiger partial charge in [-0.1, -0.05) is 0 Å². The molecule has 0 radical (unpaired) electrons. The summed E-state index contributed by atoms with van der Waals surface area (Å²) >= 11 is 0. The summed E-state index contributed by atoms with van der Waals surface area (Å²) in [6.07, 6.45) is -2.96. The first-order valence-electron chi connectivity index (χ1n) is 9.71. The lowest BCUT2D eigenvalue weighted by molar-refractivity contribution is -0.139. The number of carbonyl (C=O) groups is 1. The topological polar surface area (TPSA) is 116 Å². The van der Waals surface area contributed by atoms with Crippen LogP contribution in [-0.4, -0.2) is 55.0 Å². The first-order chi connectivity index (χ1) is 14.9. The van der Waals surface area contributed by atoms with E-state index in [-0.39, 0.29) is 24.2 Å². The maximum absolute atomic E-state index is 13.8. The van der Waals surface area contributed by atoms with Gasteiger partial charge in [0.1, 0.15) is 0 Å². The molecule has 1 aromatic heterocycles. The van der Waals surface area contributed by atoms with E-state index < -0.39 is 33.5 Å². The SMILES string of the molecule is CN(C(c1nc(Nc2ccc3c(c2)CC(=O)N3)ncc1C(F)(F)F)C1CNC1)S(C)(=O)=O.